The quantitative estimate of drug-likeness (QED) is 0.777. The summed E-state index contributed by atoms with van der Waals surface area (Å²) in [6.07, 6.45) is 1.52. The first-order valence-electron chi connectivity index (χ1n) is 8.26. The van der Waals surface area contributed by atoms with Crippen LogP contribution in [-0.4, -0.2) is 20.6 Å². The van der Waals surface area contributed by atoms with Gasteiger partial charge in [0.2, 0.25) is 15.9 Å². The SMILES string of the molecule is CC(Cc1cccc(F)c1)C(=O)NC(C)c1cccc(NS(C)(=O)=O)c1. The van der Waals surface area contributed by atoms with Crippen molar-refractivity contribution in [2.45, 2.75) is 26.3 Å². The highest BCUT2D eigenvalue weighted by molar-refractivity contribution is 7.92. The highest BCUT2D eigenvalue weighted by atomic mass is 32.2. The van der Waals surface area contributed by atoms with Crippen LogP contribution in [0.1, 0.15) is 31.0 Å². The van der Waals surface area contributed by atoms with Crippen LogP contribution < -0.4 is 10.0 Å². The Kier molecular flexibility index (Phi) is 6.37. The van der Waals surface area contributed by atoms with E-state index in [1.54, 1.807) is 37.3 Å². The van der Waals surface area contributed by atoms with Crippen molar-refractivity contribution in [1.29, 1.82) is 0 Å². The van der Waals surface area contributed by atoms with Crippen molar-refractivity contribution in [2.24, 2.45) is 5.92 Å². The van der Waals surface area contributed by atoms with Gasteiger partial charge >= 0.3 is 0 Å². The van der Waals surface area contributed by atoms with Gasteiger partial charge in [-0.2, -0.15) is 0 Å². The lowest BCUT2D eigenvalue weighted by molar-refractivity contribution is -0.125. The lowest BCUT2D eigenvalue weighted by Gasteiger charge is -2.19. The maximum Gasteiger partial charge on any atom is 0.229 e. The smallest absolute Gasteiger partial charge is 0.229 e. The van der Waals surface area contributed by atoms with Gasteiger partial charge in [-0.3, -0.25) is 9.52 Å². The first kappa shape index (κ1) is 19.9. The fraction of sp³-hybridized carbons (Fsp3) is 0.316. The molecule has 2 atom stereocenters. The number of hydrogen-bond acceptors (Lipinski definition) is 3. The second-order valence-electron chi connectivity index (χ2n) is 6.47. The number of rotatable bonds is 7. The number of halogens is 1. The molecule has 2 rings (SSSR count). The number of hydrogen-bond donors (Lipinski definition) is 2. The van der Waals surface area contributed by atoms with Crippen molar-refractivity contribution in [3.05, 3.63) is 65.5 Å². The Morgan fingerprint density at radius 2 is 1.81 bits per heavy atom. The molecule has 0 radical (unpaired) electrons. The molecule has 0 spiro atoms. The van der Waals surface area contributed by atoms with Crippen LogP contribution in [0, 0.1) is 11.7 Å². The van der Waals surface area contributed by atoms with E-state index in [-0.39, 0.29) is 23.7 Å². The van der Waals surface area contributed by atoms with Crippen LogP contribution in [-0.2, 0) is 21.2 Å². The number of sulfonamides is 1. The lowest BCUT2D eigenvalue weighted by atomic mass is 9.99. The van der Waals surface area contributed by atoms with E-state index < -0.39 is 10.0 Å². The summed E-state index contributed by atoms with van der Waals surface area (Å²) in [7, 11) is -3.36. The number of anilines is 1. The maximum atomic E-state index is 13.3. The normalized spacial score (nSPS) is 13.7. The Hall–Kier alpha value is -2.41. The third kappa shape index (κ3) is 6.15. The number of nitrogens with one attached hydrogen (secondary N) is 2. The van der Waals surface area contributed by atoms with Crippen molar-refractivity contribution in [3.8, 4) is 0 Å². The van der Waals surface area contributed by atoms with Crippen molar-refractivity contribution >= 4 is 21.6 Å². The Bertz CT molecular complexity index is 884. The summed E-state index contributed by atoms with van der Waals surface area (Å²) >= 11 is 0. The van der Waals surface area contributed by atoms with Crippen LogP contribution in [0.4, 0.5) is 10.1 Å². The monoisotopic (exact) mass is 378 g/mol. The lowest BCUT2D eigenvalue weighted by Crippen LogP contribution is -2.32. The molecule has 0 aliphatic carbocycles. The van der Waals surface area contributed by atoms with Gasteiger partial charge in [0.15, 0.2) is 0 Å². The van der Waals surface area contributed by atoms with Crippen LogP contribution in [0.2, 0.25) is 0 Å². The predicted molar refractivity (Wildman–Crippen MR) is 101 cm³/mol. The van der Waals surface area contributed by atoms with Crippen LogP contribution >= 0.6 is 0 Å². The molecule has 2 N–H and O–H groups in total. The van der Waals surface area contributed by atoms with Gasteiger partial charge in [-0.05, 0) is 48.7 Å². The zero-order valence-corrected chi connectivity index (χ0v) is 15.8. The van der Waals surface area contributed by atoms with Gasteiger partial charge in [-0.15, -0.1) is 0 Å². The van der Waals surface area contributed by atoms with E-state index >= 15 is 0 Å². The predicted octanol–water partition coefficient (Wildman–Crippen LogP) is 3.25. The molecule has 0 saturated carbocycles. The summed E-state index contributed by atoms with van der Waals surface area (Å²) in [5.41, 5.74) is 1.99. The van der Waals surface area contributed by atoms with Gasteiger partial charge in [-0.25, -0.2) is 12.8 Å². The Morgan fingerprint density at radius 3 is 2.46 bits per heavy atom. The molecule has 26 heavy (non-hydrogen) atoms. The van der Waals surface area contributed by atoms with Crippen LogP contribution in [0.25, 0.3) is 0 Å². The van der Waals surface area contributed by atoms with Crippen molar-refractivity contribution in [3.63, 3.8) is 0 Å². The molecule has 1 amide bonds. The van der Waals surface area contributed by atoms with Gasteiger partial charge in [0.1, 0.15) is 5.82 Å². The van der Waals surface area contributed by atoms with E-state index in [2.05, 4.69) is 10.0 Å². The molecule has 0 heterocycles. The molecule has 0 aliphatic heterocycles. The second-order valence-corrected chi connectivity index (χ2v) is 8.21. The molecule has 7 heteroatoms. The van der Waals surface area contributed by atoms with Crippen molar-refractivity contribution in [2.75, 3.05) is 11.0 Å². The van der Waals surface area contributed by atoms with E-state index in [0.29, 0.717) is 12.1 Å². The van der Waals surface area contributed by atoms with E-state index in [1.165, 1.54) is 12.1 Å². The van der Waals surface area contributed by atoms with Crippen LogP contribution in [0.3, 0.4) is 0 Å². The molecule has 0 aliphatic rings. The molecule has 0 fully saturated rings. The third-order valence-electron chi connectivity index (χ3n) is 3.93. The molecule has 0 aromatic heterocycles. The van der Waals surface area contributed by atoms with Crippen LogP contribution in [0.15, 0.2) is 48.5 Å². The minimum absolute atomic E-state index is 0.150. The maximum absolute atomic E-state index is 13.3. The van der Waals surface area contributed by atoms with Gasteiger partial charge in [-0.1, -0.05) is 31.2 Å². The zero-order valence-electron chi connectivity index (χ0n) is 15.0. The highest BCUT2D eigenvalue weighted by Gasteiger charge is 2.17. The van der Waals surface area contributed by atoms with Crippen molar-refractivity contribution < 1.29 is 17.6 Å². The molecule has 5 nitrogen and oxygen atoms in total. The molecule has 0 bridgehead atoms. The van der Waals surface area contributed by atoms with Crippen molar-refractivity contribution in [1.82, 2.24) is 5.32 Å². The minimum Gasteiger partial charge on any atom is -0.349 e. The molecule has 0 saturated heterocycles. The fourth-order valence-electron chi connectivity index (χ4n) is 2.63. The summed E-state index contributed by atoms with van der Waals surface area (Å²) in [5.74, 6) is -0.793. The standard InChI is InChI=1S/C19H23FN2O3S/c1-13(10-15-6-4-8-17(20)11-15)19(23)21-14(2)16-7-5-9-18(12-16)22-26(3,24)25/h4-9,11-14,22H,10H2,1-3H3,(H,21,23). The van der Waals surface area contributed by atoms with Crippen LogP contribution in [0.5, 0.6) is 0 Å². The fourth-order valence-corrected chi connectivity index (χ4v) is 3.19. The van der Waals surface area contributed by atoms with Gasteiger partial charge in [0.05, 0.1) is 12.3 Å². The number of amides is 1. The Labute approximate surface area is 153 Å². The van der Waals surface area contributed by atoms with Gasteiger partial charge < -0.3 is 5.32 Å². The Morgan fingerprint density at radius 1 is 1.12 bits per heavy atom. The van der Waals surface area contributed by atoms with E-state index in [1.807, 2.05) is 13.0 Å². The first-order valence-corrected chi connectivity index (χ1v) is 10.2. The second kappa shape index (κ2) is 8.31. The minimum atomic E-state index is -3.36. The molecule has 2 aromatic carbocycles. The molecular weight excluding hydrogens is 355 g/mol. The zero-order chi connectivity index (χ0) is 19.3. The first-order chi connectivity index (χ1) is 12.1. The average Bonchev–Trinajstić information content (AvgIpc) is 2.53. The molecule has 140 valence electrons. The summed E-state index contributed by atoms with van der Waals surface area (Å²) in [5, 5.41) is 2.91. The highest BCUT2D eigenvalue weighted by Crippen LogP contribution is 2.19. The summed E-state index contributed by atoms with van der Waals surface area (Å²) < 4.78 is 38.3. The van der Waals surface area contributed by atoms with E-state index in [0.717, 1.165) is 17.4 Å². The van der Waals surface area contributed by atoms with Gasteiger partial charge in [0.25, 0.3) is 0 Å². The third-order valence-corrected chi connectivity index (χ3v) is 4.53. The summed E-state index contributed by atoms with van der Waals surface area (Å²) in [6, 6.07) is 12.8. The number of carbonyl (C=O) groups excluding carboxylic acids is 1. The average molecular weight is 378 g/mol. The summed E-state index contributed by atoms with van der Waals surface area (Å²) in [6.45, 7) is 3.61. The molecule has 2 aromatic rings. The van der Waals surface area contributed by atoms with E-state index in [4.69, 9.17) is 0 Å². The molecular formula is C19H23FN2O3S. The number of carbonyl (C=O) groups is 1. The topological polar surface area (TPSA) is 75.3 Å². The Balaban J connectivity index is 2.01. The number of benzene rings is 2. The largest absolute Gasteiger partial charge is 0.349 e. The summed E-state index contributed by atoms with van der Waals surface area (Å²) in [4.78, 5) is 12.4. The molecule has 2 unspecified atom stereocenters. The van der Waals surface area contributed by atoms with E-state index in [9.17, 15) is 17.6 Å². The van der Waals surface area contributed by atoms with Gasteiger partial charge in [0, 0.05) is 11.6 Å².